The minimum absolute atomic E-state index is 0.0424. The van der Waals surface area contributed by atoms with Gasteiger partial charge in [-0.1, -0.05) is 65.7 Å². The Hall–Kier alpha value is -1.06. The molecule has 0 aromatic heterocycles. The number of rotatable bonds is 12. The maximum absolute atomic E-state index is 11.9. The molecule has 0 rings (SSSR count). The lowest BCUT2D eigenvalue weighted by atomic mass is 9.99. The standard InChI is InChI=1S/C17H33NO3/c1-5-7-8-9-10-11-12-13-15(19)18-16(14(3)6-2)17(20)21-4/h14,16H,5-13H2,1-4H3,(H,18,19). The van der Waals surface area contributed by atoms with Crippen molar-refractivity contribution in [3.05, 3.63) is 0 Å². The van der Waals surface area contributed by atoms with E-state index in [2.05, 4.69) is 12.2 Å². The fourth-order valence-electron chi connectivity index (χ4n) is 2.28. The Morgan fingerprint density at radius 1 is 1.00 bits per heavy atom. The van der Waals surface area contributed by atoms with E-state index < -0.39 is 6.04 Å². The molecule has 0 radical (unpaired) electrons. The molecule has 4 nitrogen and oxygen atoms in total. The van der Waals surface area contributed by atoms with E-state index in [1.807, 2.05) is 13.8 Å². The van der Waals surface area contributed by atoms with Crippen LogP contribution >= 0.6 is 0 Å². The third-order valence-electron chi connectivity index (χ3n) is 3.99. The summed E-state index contributed by atoms with van der Waals surface area (Å²) >= 11 is 0. The molecule has 0 bridgehead atoms. The van der Waals surface area contributed by atoms with Crippen LogP contribution < -0.4 is 5.32 Å². The van der Waals surface area contributed by atoms with E-state index >= 15 is 0 Å². The molecule has 0 aromatic carbocycles. The van der Waals surface area contributed by atoms with E-state index in [1.54, 1.807) is 0 Å². The monoisotopic (exact) mass is 299 g/mol. The Bertz CT molecular complexity index is 292. The Morgan fingerprint density at radius 2 is 1.57 bits per heavy atom. The zero-order valence-electron chi connectivity index (χ0n) is 14.2. The molecule has 4 heteroatoms. The summed E-state index contributed by atoms with van der Waals surface area (Å²) in [6, 6.07) is -0.517. The molecule has 0 fully saturated rings. The van der Waals surface area contributed by atoms with E-state index in [0.717, 1.165) is 19.3 Å². The number of carbonyl (C=O) groups is 2. The molecular weight excluding hydrogens is 266 g/mol. The fraction of sp³-hybridized carbons (Fsp3) is 0.882. The lowest BCUT2D eigenvalue weighted by molar-refractivity contribution is -0.146. The molecule has 1 amide bonds. The van der Waals surface area contributed by atoms with Crippen molar-refractivity contribution in [1.29, 1.82) is 0 Å². The molecule has 1 N–H and O–H groups in total. The summed E-state index contributed by atoms with van der Waals surface area (Å²) in [6.07, 6.45) is 9.61. The average molecular weight is 299 g/mol. The number of amides is 1. The normalized spacial score (nSPS) is 13.5. The lowest BCUT2D eigenvalue weighted by Crippen LogP contribution is -2.45. The molecule has 0 spiro atoms. The second-order valence-corrected chi connectivity index (χ2v) is 5.83. The van der Waals surface area contributed by atoms with Gasteiger partial charge in [-0.3, -0.25) is 4.79 Å². The van der Waals surface area contributed by atoms with Crippen molar-refractivity contribution in [3.63, 3.8) is 0 Å². The highest BCUT2D eigenvalue weighted by atomic mass is 16.5. The van der Waals surface area contributed by atoms with Gasteiger partial charge in [0, 0.05) is 6.42 Å². The zero-order chi connectivity index (χ0) is 16.1. The minimum atomic E-state index is -0.517. The molecule has 2 unspecified atom stereocenters. The Labute approximate surface area is 130 Å². The van der Waals surface area contributed by atoms with E-state index in [4.69, 9.17) is 4.74 Å². The van der Waals surface area contributed by atoms with Gasteiger partial charge in [-0.25, -0.2) is 4.79 Å². The number of hydrogen-bond acceptors (Lipinski definition) is 3. The first kappa shape index (κ1) is 19.9. The predicted molar refractivity (Wildman–Crippen MR) is 86.0 cm³/mol. The first-order valence-corrected chi connectivity index (χ1v) is 8.43. The van der Waals surface area contributed by atoms with E-state index in [0.29, 0.717) is 6.42 Å². The van der Waals surface area contributed by atoms with Crippen LogP contribution in [0.4, 0.5) is 0 Å². The van der Waals surface area contributed by atoms with Crippen molar-refractivity contribution in [3.8, 4) is 0 Å². The van der Waals surface area contributed by atoms with Gasteiger partial charge in [0.25, 0.3) is 0 Å². The highest BCUT2D eigenvalue weighted by Crippen LogP contribution is 2.11. The SMILES string of the molecule is CCCCCCCCCC(=O)NC(C(=O)OC)C(C)CC. The third-order valence-corrected chi connectivity index (χ3v) is 3.99. The second-order valence-electron chi connectivity index (χ2n) is 5.83. The number of methoxy groups -OCH3 is 1. The van der Waals surface area contributed by atoms with Crippen LogP contribution in [0, 0.1) is 5.92 Å². The third kappa shape index (κ3) is 9.48. The summed E-state index contributed by atoms with van der Waals surface area (Å²) in [5, 5.41) is 2.82. The second kappa shape index (κ2) is 12.7. The average Bonchev–Trinajstić information content (AvgIpc) is 2.50. The lowest BCUT2D eigenvalue weighted by Gasteiger charge is -2.21. The first-order chi connectivity index (χ1) is 10.1. The molecule has 0 saturated carbocycles. The van der Waals surface area contributed by atoms with Crippen LogP contribution in [0.5, 0.6) is 0 Å². The molecule has 0 aliphatic rings. The van der Waals surface area contributed by atoms with Gasteiger partial charge in [-0.05, 0) is 12.3 Å². The molecule has 124 valence electrons. The number of unbranched alkanes of at least 4 members (excludes halogenated alkanes) is 6. The molecular formula is C17H33NO3. The highest BCUT2D eigenvalue weighted by molar-refractivity contribution is 5.84. The van der Waals surface area contributed by atoms with Gasteiger partial charge >= 0.3 is 5.97 Å². The molecule has 0 heterocycles. The summed E-state index contributed by atoms with van der Waals surface area (Å²) in [7, 11) is 1.36. The Morgan fingerprint density at radius 3 is 2.10 bits per heavy atom. The van der Waals surface area contributed by atoms with Crippen molar-refractivity contribution in [1.82, 2.24) is 5.32 Å². The van der Waals surface area contributed by atoms with Gasteiger partial charge in [0.15, 0.2) is 0 Å². The van der Waals surface area contributed by atoms with Crippen molar-refractivity contribution < 1.29 is 14.3 Å². The molecule has 0 saturated heterocycles. The summed E-state index contributed by atoms with van der Waals surface area (Å²) in [5.41, 5.74) is 0. The number of carbonyl (C=O) groups excluding carboxylic acids is 2. The number of ether oxygens (including phenoxy) is 1. The van der Waals surface area contributed by atoms with Gasteiger partial charge in [0.2, 0.25) is 5.91 Å². The number of esters is 1. The topological polar surface area (TPSA) is 55.4 Å². The van der Waals surface area contributed by atoms with Gasteiger partial charge in [-0.2, -0.15) is 0 Å². The molecule has 0 aliphatic heterocycles. The van der Waals surface area contributed by atoms with Crippen molar-refractivity contribution in [2.45, 2.75) is 84.6 Å². The maximum atomic E-state index is 11.9. The van der Waals surface area contributed by atoms with E-state index in [1.165, 1.54) is 39.2 Å². The quantitative estimate of drug-likeness (QED) is 0.440. The summed E-state index contributed by atoms with van der Waals surface area (Å²) in [4.78, 5) is 23.6. The van der Waals surface area contributed by atoms with Crippen LogP contribution in [-0.2, 0) is 14.3 Å². The highest BCUT2D eigenvalue weighted by Gasteiger charge is 2.26. The number of nitrogens with one attached hydrogen (secondary N) is 1. The van der Waals surface area contributed by atoms with Crippen molar-refractivity contribution in [2.24, 2.45) is 5.92 Å². The molecule has 0 aromatic rings. The van der Waals surface area contributed by atoms with E-state index in [9.17, 15) is 9.59 Å². The van der Waals surface area contributed by atoms with Gasteiger partial charge in [0.1, 0.15) is 6.04 Å². The number of hydrogen-bond donors (Lipinski definition) is 1. The smallest absolute Gasteiger partial charge is 0.328 e. The van der Waals surface area contributed by atoms with Crippen LogP contribution in [0.1, 0.15) is 78.6 Å². The van der Waals surface area contributed by atoms with Crippen molar-refractivity contribution >= 4 is 11.9 Å². The van der Waals surface area contributed by atoms with Crippen LogP contribution in [0.25, 0.3) is 0 Å². The Kier molecular flexibility index (Phi) is 12.0. The van der Waals surface area contributed by atoms with Crippen LogP contribution in [0.2, 0.25) is 0 Å². The fourth-order valence-corrected chi connectivity index (χ4v) is 2.28. The summed E-state index contributed by atoms with van der Waals surface area (Å²) in [6.45, 7) is 6.16. The first-order valence-electron chi connectivity index (χ1n) is 8.43. The largest absolute Gasteiger partial charge is 0.467 e. The van der Waals surface area contributed by atoms with Crippen LogP contribution in [0.15, 0.2) is 0 Å². The van der Waals surface area contributed by atoms with E-state index in [-0.39, 0.29) is 17.8 Å². The predicted octanol–water partition coefficient (Wildman–Crippen LogP) is 3.83. The van der Waals surface area contributed by atoms with Gasteiger partial charge < -0.3 is 10.1 Å². The van der Waals surface area contributed by atoms with Crippen LogP contribution in [-0.4, -0.2) is 25.0 Å². The molecule has 0 aliphatic carbocycles. The van der Waals surface area contributed by atoms with Crippen molar-refractivity contribution in [2.75, 3.05) is 7.11 Å². The molecule has 21 heavy (non-hydrogen) atoms. The van der Waals surface area contributed by atoms with Crippen LogP contribution in [0.3, 0.4) is 0 Å². The summed E-state index contributed by atoms with van der Waals surface area (Å²) in [5.74, 6) is -0.299. The van der Waals surface area contributed by atoms with Gasteiger partial charge in [-0.15, -0.1) is 0 Å². The minimum Gasteiger partial charge on any atom is -0.467 e. The maximum Gasteiger partial charge on any atom is 0.328 e. The Balaban J connectivity index is 3.91. The summed E-state index contributed by atoms with van der Waals surface area (Å²) < 4.78 is 4.76. The molecule has 2 atom stereocenters. The van der Waals surface area contributed by atoms with Gasteiger partial charge in [0.05, 0.1) is 7.11 Å². The zero-order valence-corrected chi connectivity index (χ0v) is 14.2.